The molecule has 0 aromatic heterocycles. The van der Waals surface area contributed by atoms with Crippen molar-refractivity contribution in [2.75, 3.05) is 6.54 Å². The minimum absolute atomic E-state index is 0.0177. The monoisotopic (exact) mass is 377 g/mol. The Bertz CT molecular complexity index is 425. The third-order valence-corrected chi connectivity index (χ3v) is 3.47. The molecule has 21 heavy (non-hydrogen) atoms. The van der Waals surface area contributed by atoms with Gasteiger partial charge in [-0.1, -0.05) is 35.0 Å². The molecule has 0 aliphatic heterocycles. The molecule has 0 saturated carbocycles. The number of alkyl halides is 6. The quantitative estimate of drug-likeness (QED) is 0.732. The summed E-state index contributed by atoms with van der Waals surface area (Å²) in [6.07, 6.45) is -11.0. The molecule has 120 valence electrons. The first kappa shape index (κ1) is 18.3. The van der Waals surface area contributed by atoms with Crippen LogP contribution in [-0.4, -0.2) is 24.9 Å². The molecule has 1 rings (SSSR count). The summed E-state index contributed by atoms with van der Waals surface area (Å²) in [6, 6.07) is 4.40. The van der Waals surface area contributed by atoms with E-state index < -0.39 is 24.3 Å². The molecule has 8 heteroatoms. The molecule has 0 amide bonds. The molecule has 0 spiro atoms. The number of nitrogens with one attached hydrogen (secondary N) is 1. The minimum atomic E-state index is -5.35. The van der Waals surface area contributed by atoms with Gasteiger partial charge in [-0.25, -0.2) is 0 Å². The summed E-state index contributed by atoms with van der Waals surface area (Å²) in [7, 11) is 0. The Hall–Kier alpha value is -0.760. The zero-order valence-electron chi connectivity index (χ0n) is 11.0. The van der Waals surface area contributed by atoms with Gasteiger partial charge in [0.05, 0.1) is 0 Å². The Balaban J connectivity index is 3.04. The molecule has 0 fully saturated rings. The van der Waals surface area contributed by atoms with E-state index in [1.54, 1.807) is 12.1 Å². The third-order valence-electron chi connectivity index (χ3n) is 2.94. The summed E-state index contributed by atoms with van der Waals surface area (Å²) in [5.41, 5.74) is 0.405. The van der Waals surface area contributed by atoms with Crippen LogP contribution in [0.4, 0.5) is 26.3 Å². The van der Waals surface area contributed by atoms with Gasteiger partial charge in [0.25, 0.3) is 0 Å². The van der Waals surface area contributed by atoms with Crippen molar-refractivity contribution in [3.05, 3.63) is 34.3 Å². The summed E-state index contributed by atoms with van der Waals surface area (Å²) >= 11 is 3.16. The topological polar surface area (TPSA) is 12.0 Å². The van der Waals surface area contributed by atoms with E-state index >= 15 is 0 Å². The normalized spacial score (nSPS) is 14.5. The SMILES string of the molecule is CCNC(Cc1ccc(Br)cc1)C(C(F)(F)F)C(F)(F)F. The summed E-state index contributed by atoms with van der Waals surface area (Å²) in [5.74, 6) is -3.39. The second kappa shape index (κ2) is 7.00. The van der Waals surface area contributed by atoms with Gasteiger partial charge in [-0.15, -0.1) is 0 Å². The number of halogens is 7. The Labute approximate surface area is 126 Å². The smallest absolute Gasteiger partial charge is 0.313 e. The van der Waals surface area contributed by atoms with Crippen LogP contribution in [-0.2, 0) is 6.42 Å². The molecule has 1 unspecified atom stereocenters. The van der Waals surface area contributed by atoms with Crippen molar-refractivity contribution < 1.29 is 26.3 Å². The van der Waals surface area contributed by atoms with Crippen molar-refractivity contribution in [2.45, 2.75) is 31.7 Å². The van der Waals surface area contributed by atoms with Gasteiger partial charge < -0.3 is 5.32 Å². The predicted molar refractivity (Wildman–Crippen MR) is 70.9 cm³/mol. The molecule has 1 aromatic carbocycles. The maximum atomic E-state index is 12.8. The molecule has 1 nitrogen and oxygen atoms in total. The Kier molecular flexibility index (Phi) is 6.10. The zero-order valence-corrected chi connectivity index (χ0v) is 12.6. The fourth-order valence-corrected chi connectivity index (χ4v) is 2.35. The number of hydrogen-bond acceptors (Lipinski definition) is 1. The molecule has 0 aliphatic carbocycles. The lowest BCUT2D eigenvalue weighted by Gasteiger charge is -2.31. The van der Waals surface area contributed by atoms with Gasteiger partial charge in [-0.05, 0) is 30.7 Å². The van der Waals surface area contributed by atoms with Gasteiger partial charge in [0, 0.05) is 10.5 Å². The van der Waals surface area contributed by atoms with E-state index in [4.69, 9.17) is 0 Å². The van der Waals surface area contributed by atoms with E-state index in [0.717, 1.165) is 0 Å². The van der Waals surface area contributed by atoms with E-state index in [2.05, 4.69) is 21.2 Å². The van der Waals surface area contributed by atoms with Crippen LogP contribution in [0.3, 0.4) is 0 Å². The third kappa shape index (κ3) is 5.50. The molecule has 0 saturated heterocycles. The van der Waals surface area contributed by atoms with Crippen LogP contribution in [0.25, 0.3) is 0 Å². The average molecular weight is 378 g/mol. The second-order valence-electron chi connectivity index (χ2n) is 4.56. The summed E-state index contributed by atoms with van der Waals surface area (Å²) in [5, 5.41) is 2.31. The molecule has 0 radical (unpaired) electrons. The molecule has 0 aliphatic rings. The number of likely N-dealkylation sites (N-methyl/N-ethyl adjacent to an activating group) is 1. The van der Waals surface area contributed by atoms with E-state index in [1.807, 2.05) is 0 Å². The number of benzene rings is 1. The van der Waals surface area contributed by atoms with Crippen LogP contribution >= 0.6 is 15.9 Å². The predicted octanol–water partition coefficient (Wildman–Crippen LogP) is 4.71. The maximum absolute atomic E-state index is 12.8. The molecular weight excluding hydrogens is 364 g/mol. The molecule has 1 aromatic rings. The zero-order chi connectivity index (χ0) is 16.3. The largest absolute Gasteiger partial charge is 0.402 e. The lowest BCUT2D eigenvalue weighted by atomic mass is 9.92. The van der Waals surface area contributed by atoms with E-state index in [9.17, 15) is 26.3 Å². The maximum Gasteiger partial charge on any atom is 0.402 e. The highest BCUT2D eigenvalue weighted by Gasteiger charge is 2.59. The molecule has 1 atom stereocenters. The van der Waals surface area contributed by atoms with E-state index in [1.165, 1.54) is 19.1 Å². The average Bonchev–Trinajstić information content (AvgIpc) is 2.28. The van der Waals surface area contributed by atoms with Crippen molar-refractivity contribution >= 4 is 15.9 Å². The van der Waals surface area contributed by atoms with Gasteiger partial charge >= 0.3 is 12.4 Å². The number of hydrogen-bond donors (Lipinski definition) is 1. The summed E-state index contributed by atoms with van der Waals surface area (Å²) in [4.78, 5) is 0. The van der Waals surface area contributed by atoms with Gasteiger partial charge in [0.1, 0.15) is 0 Å². The van der Waals surface area contributed by atoms with E-state index in [-0.39, 0.29) is 13.0 Å². The lowest BCUT2D eigenvalue weighted by molar-refractivity contribution is -0.291. The van der Waals surface area contributed by atoms with Crippen molar-refractivity contribution in [1.29, 1.82) is 0 Å². The highest BCUT2D eigenvalue weighted by Crippen LogP contribution is 2.42. The van der Waals surface area contributed by atoms with Crippen molar-refractivity contribution in [1.82, 2.24) is 5.32 Å². The number of rotatable bonds is 5. The molecule has 1 N–H and O–H groups in total. The van der Waals surface area contributed by atoms with Crippen molar-refractivity contribution in [3.8, 4) is 0 Å². The molecule has 0 heterocycles. The van der Waals surface area contributed by atoms with Gasteiger partial charge in [0.2, 0.25) is 0 Å². The van der Waals surface area contributed by atoms with Crippen LogP contribution in [0.1, 0.15) is 12.5 Å². The summed E-state index contributed by atoms with van der Waals surface area (Å²) in [6.45, 7) is 1.49. The Morgan fingerprint density at radius 1 is 1.00 bits per heavy atom. The fraction of sp³-hybridized carbons (Fsp3) is 0.538. The standard InChI is InChI=1S/C13H14BrF6N/c1-2-21-10(7-8-3-5-9(14)6-4-8)11(12(15,16)17)13(18,19)20/h3-6,10-11,21H,2,7H2,1H3. The summed E-state index contributed by atoms with van der Waals surface area (Å²) < 4.78 is 77.4. The Morgan fingerprint density at radius 2 is 1.48 bits per heavy atom. The molecule has 0 bridgehead atoms. The van der Waals surface area contributed by atoms with Crippen LogP contribution in [0, 0.1) is 5.92 Å². The van der Waals surface area contributed by atoms with Crippen LogP contribution < -0.4 is 5.32 Å². The van der Waals surface area contributed by atoms with Crippen molar-refractivity contribution in [3.63, 3.8) is 0 Å². The van der Waals surface area contributed by atoms with Gasteiger partial charge in [0.15, 0.2) is 5.92 Å². The van der Waals surface area contributed by atoms with E-state index in [0.29, 0.717) is 10.0 Å². The van der Waals surface area contributed by atoms with Crippen LogP contribution in [0.2, 0.25) is 0 Å². The van der Waals surface area contributed by atoms with Gasteiger partial charge in [-0.2, -0.15) is 26.3 Å². The van der Waals surface area contributed by atoms with Crippen molar-refractivity contribution in [2.24, 2.45) is 5.92 Å². The van der Waals surface area contributed by atoms with Gasteiger partial charge in [-0.3, -0.25) is 0 Å². The first-order valence-electron chi connectivity index (χ1n) is 6.17. The molecular formula is C13H14BrF6N. The minimum Gasteiger partial charge on any atom is -0.313 e. The van der Waals surface area contributed by atoms with Crippen LogP contribution in [0.5, 0.6) is 0 Å². The lowest BCUT2D eigenvalue weighted by Crippen LogP contribution is -2.52. The highest BCUT2D eigenvalue weighted by atomic mass is 79.9. The first-order chi connectivity index (χ1) is 9.55. The highest BCUT2D eigenvalue weighted by molar-refractivity contribution is 9.10. The fourth-order valence-electron chi connectivity index (χ4n) is 2.09. The first-order valence-corrected chi connectivity index (χ1v) is 6.96. The van der Waals surface area contributed by atoms with Crippen LogP contribution in [0.15, 0.2) is 28.7 Å². The second-order valence-corrected chi connectivity index (χ2v) is 5.47. The Morgan fingerprint density at radius 3 is 1.86 bits per heavy atom.